The van der Waals surface area contributed by atoms with E-state index in [0.717, 1.165) is 47.9 Å². The maximum Gasteiger partial charge on any atom is 0.321 e. The van der Waals surface area contributed by atoms with Crippen LogP contribution in [-0.4, -0.2) is 34.0 Å². The van der Waals surface area contributed by atoms with Gasteiger partial charge in [0.25, 0.3) is 0 Å². The van der Waals surface area contributed by atoms with E-state index < -0.39 is 17.7 Å². The predicted molar refractivity (Wildman–Crippen MR) is 111 cm³/mol. The van der Waals surface area contributed by atoms with Gasteiger partial charge in [-0.2, -0.15) is 0 Å². The normalized spacial score (nSPS) is 16.4. The molecular formula is C23H22F2N4O. The molecule has 1 saturated heterocycles. The molecule has 0 spiro atoms. The number of carbonyl (C=O) groups excluding carboxylic acids is 1. The fourth-order valence-corrected chi connectivity index (χ4v) is 3.71. The first-order chi connectivity index (χ1) is 14.5. The first-order valence-electron chi connectivity index (χ1n) is 9.90. The molecule has 2 aromatic carbocycles. The first kappa shape index (κ1) is 19.9. The molecule has 0 radical (unpaired) electrons. The second-order valence-electron chi connectivity index (χ2n) is 7.51. The highest BCUT2D eigenvalue weighted by atomic mass is 19.1. The van der Waals surface area contributed by atoms with Gasteiger partial charge in [-0.15, -0.1) is 0 Å². The summed E-state index contributed by atoms with van der Waals surface area (Å²) in [5.74, 6) is -0.571. The maximum atomic E-state index is 13.9. The third-order valence-corrected chi connectivity index (χ3v) is 5.25. The summed E-state index contributed by atoms with van der Waals surface area (Å²) in [5.41, 5.74) is 2.79. The summed E-state index contributed by atoms with van der Waals surface area (Å²) in [6.07, 6.45) is 3.43. The van der Waals surface area contributed by atoms with E-state index >= 15 is 0 Å². The van der Waals surface area contributed by atoms with Crippen molar-refractivity contribution < 1.29 is 13.6 Å². The van der Waals surface area contributed by atoms with Gasteiger partial charge in [0.15, 0.2) is 5.82 Å². The molecule has 2 amide bonds. The Morgan fingerprint density at radius 1 is 1.17 bits per heavy atom. The Balaban J connectivity index is 1.49. The lowest BCUT2D eigenvalue weighted by atomic mass is 9.94. The summed E-state index contributed by atoms with van der Waals surface area (Å²) in [5, 5.41) is 2.48. The number of urea groups is 1. The fourth-order valence-electron chi connectivity index (χ4n) is 3.71. The highest BCUT2D eigenvalue weighted by Crippen LogP contribution is 2.28. The number of likely N-dealkylation sites (tertiary alicyclic amines) is 1. The molecular weight excluding hydrogens is 386 g/mol. The van der Waals surface area contributed by atoms with Crippen LogP contribution < -0.4 is 5.32 Å². The van der Waals surface area contributed by atoms with Crippen molar-refractivity contribution in [3.8, 4) is 11.4 Å². The number of halogens is 2. The predicted octanol–water partition coefficient (Wildman–Crippen LogP) is 5.14. The van der Waals surface area contributed by atoms with E-state index in [1.165, 1.54) is 0 Å². The van der Waals surface area contributed by atoms with E-state index in [-0.39, 0.29) is 11.6 Å². The molecule has 0 saturated carbocycles. The largest absolute Gasteiger partial charge is 0.324 e. The topological polar surface area (TPSA) is 58.1 Å². The minimum Gasteiger partial charge on any atom is -0.324 e. The number of amides is 2. The van der Waals surface area contributed by atoms with Crippen LogP contribution >= 0.6 is 0 Å². The Morgan fingerprint density at radius 2 is 2.03 bits per heavy atom. The van der Waals surface area contributed by atoms with E-state index in [0.29, 0.717) is 18.9 Å². The molecule has 7 heteroatoms. The van der Waals surface area contributed by atoms with Crippen LogP contribution in [0.4, 0.5) is 19.3 Å². The van der Waals surface area contributed by atoms with Gasteiger partial charge >= 0.3 is 6.03 Å². The van der Waals surface area contributed by atoms with E-state index in [1.54, 1.807) is 11.1 Å². The molecule has 3 aromatic rings. The lowest BCUT2D eigenvalue weighted by Gasteiger charge is -2.32. The van der Waals surface area contributed by atoms with Crippen LogP contribution in [0.25, 0.3) is 11.4 Å². The smallest absolute Gasteiger partial charge is 0.321 e. The summed E-state index contributed by atoms with van der Waals surface area (Å²) in [7, 11) is 0. The molecule has 1 fully saturated rings. The summed E-state index contributed by atoms with van der Waals surface area (Å²) < 4.78 is 27.2. The Kier molecular flexibility index (Phi) is 5.70. The molecule has 0 unspecified atom stereocenters. The molecule has 1 aliphatic rings. The number of aromatic nitrogens is 2. The van der Waals surface area contributed by atoms with Crippen molar-refractivity contribution in [3.05, 3.63) is 77.6 Å². The van der Waals surface area contributed by atoms with Gasteiger partial charge < -0.3 is 10.2 Å². The van der Waals surface area contributed by atoms with Gasteiger partial charge in [0, 0.05) is 42.5 Å². The van der Waals surface area contributed by atoms with Crippen molar-refractivity contribution in [2.75, 3.05) is 18.4 Å². The molecule has 4 rings (SSSR count). The minimum absolute atomic E-state index is 0.0495. The summed E-state index contributed by atoms with van der Waals surface area (Å²) >= 11 is 0. The van der Waals surface area contributed by atoms with Crippen LogP contribution in [0.1, 0.15) is 30.0 Å². The van der Waals surface area contributed by atoms with Crippen LogP contribution in [0.5, 0.6) is 0 Å². The van der Waals surface area contributed by atoms with Crippen LogP contribution in [0.15, 0.2) is 54.7 Å². The van der Waals surface area contributed by atoms with Gasteiger partial charge in [0.05, 0.1) is 5.69 Å². The van der Waals surface area contributed by atoms with Crippen molar-refractivity contribution >= 4 is 11.7 Å². The molecule has 1 N–H and O–H groups in total. The Labute approximate surface area is 173 Å². The van der Waals surface area contributed by atoms with Crippen molar-refractivity contribution in [2.45, 2.75) is 25.7 Å². The molecule has 1 aliphatic heterocycles. The molecule has 0 bridgehead atoms. The zero-order valence-corrected chi connectivity index (χ0v) is 16.6. The van der Waals surface area contributed by atoms with Gasteiger partial charge in [-0.25, -0.2) is 23.5 Å². The number of nitrogens with zero attached hydrogens (tertiary/aromatic N) is 3. The summed E-state index contributed by atoms with van der Waals surface area (Å²) in [6.45, 7) is 3.02. The second-order valence-corrected chi connectivity index (χ2v) is 7.51. The lowest BCUT2D eigenvalue weighted by Crippen LogP contribution is -2.42. The van der Waals surface area contributed by atoms with E-state index in [1.807, 2.05) is 37.3 Å². The highest BCUT2D eigenvalue weighted by molar-refractivity contribution is 5.89. The molecule has 2 heterocycles. The second kappa shape index (κ2) is 8.57. The van der Waals surface area contributed by atoms with Crippen LogP contribution in [0.3, 0.4) is 0 Å². The summed E-state index contributed by atoms with van der Waals surface area (Å²) in [4.78, 5) is 23.4. The minimum atomic E-state index is -0.670. The SMILES string of the molecule is Cc1cccc(-c2nccc([C@@H]3CCCN(C(=O)Nc4cc(F)ccc4F)C3)n2)c1. The molecule has 0 aliphatic carbocycles. The fraction of sp³-hybridized carbons (Fsp3) is 0.261. The number of hydrogen-bond donors (Lipinski definition) is 1. The average Bonchev–Trinajstić information content (AvgIpc) is 2.76. The van der Waals surface area contributed by atoms with Crippen molar-refractivity contribution in [3.63, 3.8) is 0 Å². The third kappa shape index (κ3) is 4.45. The lowest BCUT2D eigenvalue weighted by molar-refractivity contribution is 0.192. The number of carbonyl (C=O) groups is 1. The van der Waals surface area contributed by atoms with Gasteiger partial charge in [-0.3, -0.25) is 0 Å². The molecule has 30 heavy (non-hydrogen) atoms. The van der Waals surface area contributed by atoms with Gasteiger partial charge in [0.2, 0.25) is 0 Å². The Hall–Kier alpha value is -3.35. The van der Waals surface area contributed by atoms with Crippen molar-refractivity contribution in [2.24, 2.45) is 0 Å². The first-order valence-corrected chi connectivity index (χ1v) is 9.90. The monoisotopic (exact) mass is 408 g/mol. The van der Waals surface area contributed by atoms with Crippen LogP contribution in [0, 0.1) is 18.6 Å². The molecule has 5 nitrogen and oxygen atoms in total. The number of nitrogens with one attached hydrogen (secondary N) is 1. The Morgan fingerprint density at radius 3 is 2.87 bits per heavy atom. The molecule has 1 atom stereocenters. The number of benzene rings is 2. The van der Waals surface area contributed by atoms with Gasteiger partial charge in [0.1, 0.15) is 11.6 Å². The van der Waals surface area contributed by atoms with Crippen LogP contribution in [-0.2, 0) is 0 Å². The van der Waals surface area contributed by atoms with Crippen molar-refractivity contribution in [1.82, 2.24) is 14.9 Å². The van der Waals surface area contributed by atoms with E-state index in [4.69, 9.17) is 4.98 Å². The maximum absolute atomic E-state index is 13.9. The number of rotatable bonds is 3. The zero-order chi connectivity index (χ0) is 21.1. The number of anilines is 1. The number of hydrogen-bond acceptors (Lipinski definition) is 3. The number of piperidine rings is 1. The van der Waals surface area contributed by atoms with Crippen molar-refractivity contribution in [1.29, 1.82) is 0 Å². The standard InChI is InChI=1S/C23H22F2N4O/c1-15-4-2-5-16(12-15)22-26-10-9-20(27-22)17-6-3-11-29(14-17)23(30)28-21-13-18(24)7-8-19(21)25/h2,4-5,7-10,12-13,17H,3,6,11,14H2,1H3,(H,28,30)/t17-/m1/s1. The highest BCUT2D eigenvalue weighted by Gasteiger charge is 2.26. The van der Waals surface area contributed by atoms with Crippen LogP contribution in [0.2, 0.25) is 0 Å². The van der Waals surface area contributed by atoms with E-state index in [2.05, 4.69) is 10.3 Å². The molecule has 1 aromatic heterocycles. The molecule has 154 valence electrons. The van der Waals surface area contributed by atoms with Gasteiger partial charge in [-0.05, 0) is 44.0 Å². The van der Waals surface area contributed by atoms with Gasteiger partial charge in [-0.1, -0.05) is 23.8 Å². The quantitative estimate of drug-likeness (QED) is 0.653. The average molecular weight is 408 g/mol. The van der Waals surface area contributed by atoms with E-state index in [9.17, 15) is 13.6 Å². The Bertz CT molecular complexity index is 1070. The number of aryl methyl sites for hydroxylation is 1. The summed E-state index contributed by atoms with van der Waals surface area (Å²) in [6, 6.07) is 12.4. The zero-order valence-electron chi connectivity index (χ0n) is 16.6. The third-order valence-electron chi connectivity index (χ3n) is 5.25.